The number of hydrogen-bond acceptors (Lipinski definition) is 2. The molecule has 1 heterocycles. The van der Waals surface area contributed by atoms with Crippen LogP contribution in [0.1, 0.15) is 11.3 Å². The molecule has 0 bridgehead atoms. The lowest BCUT2D eigenvalue weighted by Crippen LogP contribution is -2.20. The lowest BCUT2D eigenvalue weighted by Gasteiger charge is -2.01. The summed E-state index contributed by atoms with van der Waals surface area (Å²) in [5.41, 5.74) is 4.43. The second-order valence-corrected chi connectivity index (χ2v) is 3.99. The number of rotatable bonds is 4. The molecule has 0 radical (unpaired) electrons. The highest BCUT2D eigenvalue weighted by atomic mass is 16.2. The fraction of sp³-hybridized carbons (Fsp3) is 0.143. The zero-order valence-corrected chi connectivity index (χ0v) is 10.2. The van der Waals surface area contributed by atoms with Crippen LogP contribution in [0.3, 0.4) is 0 Å². The molecule has 0 atom stereocenters. The number of benzene rings is 1. The maximum absolute atomic E-state index is 11.6. The van der Waals surface area contributed by atoms with E-state index in [9.17, 15) is 4.79 Å². The highest BCUT2D eigenvalue weighted by molar-refractivity contribution is 5.83. The van der Waals surface area contributed by atoms with Crippen LogP contribution in [-0.2, 0) is 18.3 Å². The Balaban J connectivity index is 1.86. The number of hydrogen-bond donors (Lipinski definition) is 1. The summed E-state index contributed by atoms with van der Waals surface area (Å²) in [6, 6.07) is 13.5. The third-order valence-corrected chi connectivity index (χ3v) is 2.60. The van der Waals surface area contributed by atoms with Crippen LogP contribution >= 0.6 is 0 Å². The van der Waals surface area contributed by atoms with Gasteiger partial charge in [-0.15, -0.1) is 0 Å². The van der Waals surface area contributed by atoms with Gasteiger partial charge >= 0.3 is 0 Å². The SMILES string of the molecule is Cn1cccc1CC(=O)N/N=C\c1ccccc1. The van der Waals surface area contributed by atoms with Gasteiger partial charge in [0.25, 0.3) is 0 Å². The minimum absolute atomic E-state index is 0.121. The van der Waals surface area contributed by atoms with Gasteiger partial charge in [0.2, 0.25) is 5.91 Å². The summed E-state index contributed by atoms with van der Waals surface area (Å²) in [5.74, 6) is -0.121. The van der Waals surface area contributed by atoms with Crippen molar-refractivity contribution in [3.8, 4) is 0 Å². The molecule has 0 spiro atoms. The molecule has 0 saturated heterocycles. The first kappa shape index (κ1) is 12.1. The zero-order chi connectivity index (χ0) is 12.8. The Morgan fingerprint density at radius 2 is 2.06 bits per heavy atom. The number of aryl methyl sites for hydroxylation is 1. The maximum Gasteiger partial charge on any atom is 0.245 e. The van der Waals surface area contributed by atoms with Crippen LogP contribution in [0.25, 0.3) is 0 Å². The number of nitrogens with zero attached hydrogens (tertiary/aromatic N) is 2. The monoisotopic (exact) mass is 241 g/mol. The lowest BCUT2D eigenvalue weighted by atomic mass is 10.2. The van der Waals surface area contributed by atoms with E-state index >= 15 is 0 Å². The average Bonchev–Trinajstić information content (AvgIpc) is 2.76. The molecule has 92 valence electrons. The van der Waals surface area contributed by atoms with Gasteiger partial charge in [-0.3, -0.25) is 4.79 Å². The molecule has 0 aliphatic carbocycles. The fourth-order valence-electron chi connectivity index (χ4n) is 1.60. The smallest absolute Gasteiger partial charge is 0.245 e. The van der Waals surface area contributed by atoms with Crippen molar-refractivity contribution in [2.75, 3.05) is 0 Å². The van der Waals surface area contributed by atoms with E-state index in [2.05, 4.69) is 10.5 Å². The maximum atomic E-state index is 11.6. The third-order valence-electron chi connectivity index (χ3n) is 2.60. The van der Waals surface area contributed by atoms with Crippen LogP contribution in [0.5, 0.6) is 0 Å². The van der Waals surface area contributed by atoms with Crippen LogP contribution in [-0.4, -0.2) is 16.7 Å². The molecule has 1 N–H and O–H groups in total. The van der Waals surface area contributed by atoms with Crippen molar-refractivity contribution in [3.05, 3.63) is 59.9 Å². The quantitative estimate of drug-likeness (QED) is 0.643. The molecule has 0 unspecified atom stereocenters. The van der Waals surface area contributed by atoms with Gasteiger partial charge in [-0.05, 0) is 17.7 Å². The molecule has 0 saturated carbocycles. The van der Waals surface area contributed by atoms with Crippen LogP contribution in [0.4, 0.5) is 0 Å². The van der Waals surface area contributed by atoms with Crippen LogP contribution in [0.2, 0.25) is 0 Å². The minimum atomic E-state index is -0.121. The first-order chi connectivity index (χ1) is 8.75. The van der Waals surface area contributed by atoms with Gasteiger partial charge in [0, 0.05) is 18.9 Å². The summed E-state index contributed by atoms with van der Waals surface area (Å²) in [5, 5.41) is 3.92. The van der Waals surface area contributed by atoms with Gasteiger partial charge in [0.05, 0.1) is 12.6 Å². The second-order valence-electron chi connectivity index (χ2n) is 3.99. The standard InChI is InChI=1S/C14H15N3O/c1-17-9-5-8-13(17)10-14(18)16-15-11-12-6-3-2-4-7-12/h2-9,11H,10H2,1H3,(H,16,18)/b15-11-. The number of amides is 1. The number of aromatic nitrogens is 1. The molecular weight excluding hydrogens is 226 g/mol. The Morgan fingerprint density at radius 1 is 1.28 bits per heavy atom. The van der Waals surface area contributed by atoms with Crippen molar-refractivity contribution in [3.63, 3.8) is 0 Å². The van der Waals surface area contributed by atoms with E-state index in [1.165, 1.54) is 0 Å². The molecule has 0 aliphatic rings. The Labute approximate surface area is 106 Å². The topological polar surface area (TPSA) is 46.4 Å². The molecule has 1 aromatic heterocycles. The second kappa shape index (κ2) is 5.82. The molecule has 2 rings (SSSR count). The highest BCUT2D eigenvalue weighted by Gasteiger charge is 2.03. The summed E-state index contributed by atoms with van der Waals surface area (Å²) < 4.78 is 1.92. The van der Waals surface area contributed by atoms with Crippen LogP contribution in [0, 0.1) is 0 Å². The van der Waals surface area contributed by atoms with E-state index in [1.54, 1.807) is 6.21 Å². The Hall–Kier alpha value is -2.36. The summed E-state index contributed by atoms with van der Waals surface area (Å²) >= 11 is 0. The Kier molecular flexibility index (Phi) is 3.91. The molecule has 4 heteroatoms. The molecule has 1 amide bonds. The van der Waals surface area contributed by atoms with E-state index in [-0.39, 0.29) is 5.91 Å². The van der Waals surface area contributed by atoms with Gasteiger partial charge in [-0.25, -0.2) is 5.43 Å². The van der Waals surface area contributed by atoms with E-state index in [0.29, 0.717) is 6.42 Å². The van der Waals surface area contributed by atoms with Crippen molar-refractivity contribution >= 4 is 12.1 Å². The normalized spacial score (nSPS) is 10.7. The molecule has 0 aliphatic heterocycles. The summed E-state index contributed by atoms with van der Waals surface area (Å²) in [4.78, 5) is 11.6. The molecular formula is C14H15N3O. The first-order valence-corrected chi connectivity index (χ1v) is 5.73. The van der Waals surface area contributed by atoms with Crippen molar-refractivity contribution in [2.45, 2.75) is 6.42 Å². The summed E-state index contributed by atoms with van der Waals surface area (Å²) in [7, 11) is 1.91. The summed E-state index contributed by atoms with van der Waals surface area (Å²) in [6.07, 6.45) is 3.87. The largest absolute Gasteiger partial charge is 0.354 e. The van der Waals surface area contributed by atoms with Crippen molar-refractivity contribution in [1.29, 1.82) is 0 Å². The van der Waals surface area contributed by atoms with Gasteiger partial charge in [0.1, 0.15) is 0 Å². The fourth-order valence-corrected chi connectivity index (χ4v) is 1.60. The number of nitrogens with one attached hydrogen (secondary N) is 1. The van der Waals surface area contributed by atoms with Gasteiger partial charge < -0.3 is 4.57 Å². The van der Waals surface area contributed by atoms with Crippen LogP contribution in [0.15, 0.2) is 53.8 Å². The lowest BCUT2D eigenvalue weighted by molar-refractivity contribution is -0.120. The van der Waals surface area contributed by atoms with Gasteiger partial charge in [-0.1, -0.05) is 30.3 Å². The van der Waals surface area contributed by atoms with Gasteiger partial charge in [-0.2, -0.15) is 5.10 Å². The third kappa shape index (κ3) is 3.31. The van der Waals surface area contributed by atoms with Crippen molar-refractivity contribution < 1.29 is 4.79 Å². The Bertz CT molecular complexity index is 543. The van der Waals surface area contributed by atoms with Gasteiger partial charge in [0.15, 0.2) is 0 Å². The van der Waals surface area contributed by atoms with E-state index in [0.717, 1.165) is 11.3 Å². The average molecular weight is 241 g/mol. The molecule has 18 heavy (non-hydrogen) atoms. The predicted octanol–water partition coefficient (Wildman–Crippen LogP) is 1.72. The number of carbonyl (C=O) groups is 1. The molecule has 4 nitrogen and oxygen atoms in total. The predicted molar refractivity (Wildman–Crippen MR) is 71.3 cm³/mol. The first-order valence-electron chi connectivity index (χ1n) is 5.73. The van der Waals surface area contributed by atoms with E-state index in [1.807, 2.05) is 60.3 Å². The van der Waals surface area contributed by atoms with Crippen molar-refractivity contribution in [2.24, 2.45) is 12.1 Å². The Morgan fingerprint density at radius 3 is 2.72 bits per heavy atom. The number of carbonyl (C=O) groups excluding carboxylic acids is 1. The zero-order valence-electron chi connectivity index (χ0n) is 10.2. The molecule has 2 aromatic rings. The van der Waals surface area contributed by atoms with Crippen molar-refractivity contribution in [1.82, 2.24) is 9.99 Å². The molecule has 1 aromatic carbocycles. The van der Waals surface area contributed by atoms with E-state index in [4.69, 9.17) is 0 Å². The summed E-state index contributed by atoms with van der Waals surface area (Å²) in [6.45, 7) is 0. The van der Waals surface area contributed by atoms with E-state index < -0.39 is 0 Å². The van der Waals surface area contributed by atoms with Crippen LogP contribution < -0.4 is 5.43 Å². The molecule has 0 fully saturated rings. The minimum Gasteiger partial charge on any atom is -0.354 e. The number of hydrazone groups is 1. The highest BCUT2D eigenvalue weighted by Crippen LogP contribution is 2.00.